The van der Waals surface area contributed by atoms with Crippen LogP contribution in [0.25, 0.3) is 16.7 Å². The number of rotatable bonds is 7. The maximum atomic E-state index is 13.2. The molecule has 3 aromatic rings. The Morgan fingerprint density at radius 1 is 1.12 bits per heavy atom. The Morgan fingerprint density at radius 2 is 1.85 bits per heavy atom. The molecule has 9 heteroatoms. The minimum Gasteiger partial charge on any atom is -0.507 e. The zero-order chi connectivity index (χ0) is 23.7. The predicted octanol–water partition coefficient (Wildman–Crippen LogP) is 3.91. The number of Topliss-reactive ketones (excluding diaryl/α,β-unsaturated/α-hetero) is 1. The summed E-state index contributed by atoms with van der Waals surface area (Å²) >= 11 is 6.20. The number of ether oxygens (including phenoxy) is 3. The molecule has 0 bridgehead atoms. The highest BCUT2D eigenvalue weighted by molar-refractivity contribution is 6.46. The number of methoxy groups -OCH3 is 3. The number of amides is 1. The summed E-state index contributed by atoms with van der Waals surface area (Å²) in [7, 11) is 4.37. The Hall–Kier alpha value is -3.49. The average molecular weight is 471 g/mol. The topological polar surface area (TPSA) is 101 Å². The lowest BCUT2D eigenvalue weighted by Gasteiger charge is -2.24. The molecule has 1 unspecified atom stereocenters. The number of H-pyrrole nitrogens is 1. The molecule has 1 saturated heterocycles. The van der Waals surface area contributed by atoms with Crippen molar-refractivity contribution >= 4 is 40.0 Å². The summed E-state index contributed by atoms with van der Waals surface area (Å²) in [4.78, 5) is 30.8. The van der Waals surface area contributed by atoms with Crippen molar-refractivity contribution < 1.29 is 28.9 Å². The van der Waals surface area contributed by atoms with Gasteiger partial charge in [-0.2, -0.15) is 0 Å². The molecule has 2 heterocycles. The van der Waals surface area contributed by atoms with Gasteiger partial charge in [0.2, 0.25) is 0 Å². The van der Waals surface area contributed by atoms with Gasteiger partial charge < -0.3 is 29.2 Å². The zero-order valence-corrected chi connectivity index (χ0v) is 19.1. The van der Waals surface area contributed by atoms with E-state index in [4.69, 9.17) is 25.8 Å². The lowest BCUT2D eigenvalue weighted by Crippen LogP contribution is -2.32. The van der Waals surface area contributed by atoms with Gasteiger partial charge >= 0.3 is 0 Å². The van der Waals surface area contributed by atoms with Gasteiger partial charge in [0.15, 0.2) is 0 Å². The smallest absolute Gasteiger partial charge is 0.295 e. The Kier molecular flexibility index (Phi) is 6.31. The maximum Gasteiger partial charge on any atom is 0.295 e. The fourth-order valence-electron chi connectivity index (χ4n) is 4.13. The summed E-state index contributed by atoms with van der Waals surface area (Å²) < 4.78 is 15.8. The van der Waals surface area contributed by atoms with E-state index in [-0.39, 0.29) is 46.6 Å². The van der Waals surface area contributed by atoms with Crippen molar-refractivity contribution in [2.45, 2.75) is 6.04 Å². The Labute approximate surface area is 195 Å². The van der Waals surface area contributed by atoms with Crippen molar-refractivity contribution in [3.8, 4) is 11.5 Å². The third-order valence-corrected chi connectivity index (χ3v) is 6.02. The van der Waals surface area contributed by atoms with E-state index in [1.165, 1.54) is 38.4 Å². The summed E-state index contributed by atoms with van der Waals surface area (Å²) in [5.41, 5.74) is 1.66. The summed E-state index contributed by atoms with van der Waals surface area (Å²) in [5, 5.41) is 12.5. The van der Waals surface area contributed by atoms with Crippen molar-refractivity contribution in [1.29, 1.82) is 0 Å². The molecule has 4 rings (SSSR count). The van der Waals surface area contributed by atoms with E-state index >= 15 is 0 Å². The molecule has 1 aliphatic rings. The van der Waals surface area contributed by atoms with E-state index in [1.54, 1.807) is 6.20 Å². The normalized spacial score (nSPS) is 17.7. The van der Waals surface area contributed by atoms with Crippen molar-refractivity contribution in [2.24, 2.45) is 0 Å². The number of aromatic nitrogens is 1. The summed E-state index contributed by atoms with van der Waals surface area (Å²) in [6, 6.07) is 9.67. The molecule has 1 aliphatic heterocycles. The SMILES string of the molecule is COCCN1C(=O)C(=O)/C(=C(/O)c2cc(OC)c(Cl)cc2OC)C1c1c[nH]c2ccccc12. The zero-order valence-electron chi connectivity index (χ0n) is 18.3. The number of ketones is 1. The first kappa shape index (κ1) is 22.7. The minimum atomic E-state index is -0.831. The van der Waals surface area contributed by atoms with Crippen LogP contribution in [0, 0.1) is 0 Å². The highest BCUT2D eigenvalue weighted by Crippen LogP contribution is 2.44. The third-order valence-electron chi connectivity index (χ3n) is 5.72. The maximum absolute atomic E-state index is 13.2. The number of carbonyl (C=O) groups excluding carboxylic acids is 2. The highest BCUT2D eigenvalue weighted by Gasteiger charge is 2.47. The van der Waals surface area contributed by atoms with Gasteiger partial charge in [0.05, 0.1) is 43.0 Å². The van der Waals surface area contributed by atoms with Gasteiger partial charge in [-0.05, 0) is 12.1 Å². The molecule has 33 heavy (non-hydrogen) atoms. The van der Waals surface area contributed by atoms with Crippen LogP contribution in [0.2, 0.25) is 5.02 Å². The van der Waals surface area contributed by atoms with Gasteiger partial charge in [0.25, 0.3) is 11.7 Å². The standard InChI is InChI=1S/C24H23ClN2O6/c1-31-9-8-27-21(15-12-26-17-7-5-4-6-13(15)17)20(23(29)24(27)30)22(28)14-10-19(33-3)16(25)11-18(14)32-2/h4-7,10-12,21,26,28H,8-9H2,1-3H3/b22-20+. The molecule has 172 valence electrons. The third kappa shape index (κ3) is 3.81. The molecule has 2 aromatic carbocycles. The van der Waals surface area contributed by atoms with E-state index in [2.05, 4.69) is 4.98 Å². The molecular weight excluding hydrogens is 448 g/mol. The van der Waals surface area contributed by atoms with Gasteiger partial charge in [-0.3, -0.25) is 9.59 Å². The molecule has 0 aliphatic carbocycles. The van der Waals surface area contributed by atoms with Crippen LogP contribution in [0.4, 0.5) is 0 Å². The van der Waals surface area contributed by atoms with E-state index in [0.29, 0.717) is 5.56 Å². The largest absolute Gasteiger partial charge is 0.507 e. The van der Waals surface area contributed by atoms with Crippen LogP contribution in [0.1, 0.15) is 17.2 Å². The number of benzene rings is 2. The molecule has 0 spiro atoms. The van der Waals surface area contributed by atoms with Gasteiger partial charge in [-0.25, -0.2) is 0 Å². The number of nitrogens with zero attached hydrogens (tertiary/aromatic N) is 1. The second-order valence-electron chi connectivity index (χ2n) is 7.46. The fourth-order valence-corrected chi connectivity index (χ4v) is 4.37. The predicted molar refractivity (Wildman–Crippen MR) is 124 cm³/mol. The number of carbonyl (C=O) groups is 2. The molecular formula is C24H23ClN2O6. The number of aliphatic hydroxyl groups is 1. The van der Waals surface area contributed by atoms with E-state index in [9.17, 15) is 14.7 Å². The number of nitrogens with one attached hydrogen (secondary N) is 1. The van der Waals surface area contributed by atoms with E-state index in [1.807, 2.05) is 24.3 Å². The van der Waals surface area contributed by atoms with Crippen molar-refractivity contribution in [3.05, 3.63) is 64.3 Å². The number of aliphatic hydroxyl groups excluding tert-OH is 1. The Morgan fingerprint density at radius 3 is 2.55 bits per heavy atom. The number of likely N-dealkylation sites (tertiary alicyclic amines) is 1. The molecule has 1 fully saturated rings. The number of hydrogen-bond donors (Lipinski definition) is 2. The molecule has 0 saturated carbocycles. The van der Waals surface area contributed by atoms with E-state index < -0.39 is 17.7 Å². The van der Waals surface area contributed by atoms with Crippen LogP contribution < -0.4 is 9.47 Å². The average Bonchev–Trinajstić information content (AvgIpc) is 3.35. The second-order valence-corrected chi connectivity index (χ2v) is 7.87. The van der Waals surface area contributed by atoms with Crippen molar-refractivity contribution in [3.63, 3.8) is 0 Å². The quantitative estimate of drug-likeness (QED) is 0.308. The molecule has 1 aromatic heterocycles. The molecule has 0 radical (unpaired) electrons. The fraction of sp³-hybridized carbons (Fsp3) is 0.250. The van der Waals surface area contributed by atoms with Crippen molar-refractivity contribution in [1.82, 2.24) is 9.88 Å². The van der Waals surface area contributed by atoms with Gasteiger partial charge in [-0.1, -0.05) is 29.8 Å². The molecule has 1 atom stereocenters. The van der Waals surface area contributed by atoms with Crippen LogP contribution in [0.3, 0.4) is 0 Å². The Balaban J connectivity index is 1.97. The van der Waals surface area contributed by atoms with E-state index in [0.717, 1.165) is 10.9 Å². The molecule has 2 N–H and O–H groups in total. The molecule has 8 nitrogen and oxygen atoms in total. The van der Waals surface area contributed by atoms with Gasteiger partial charge in [0.1, 0.15) is 17.3 Å². The lowest BCUT2D eigenvalue weighted by molar-refractivity contribution is -0.140. The molecule has 1 amide bonds. The van der Waals surface area contributed by atoms with Crippen molar-refractivity contribution in [2.75, 3.05) is 34.5 Å². The number of aromatic amines is 1. The lowest BCUT2D eigenvalue weighted by atomic mass is 9.94. The highest BCUT2D eigenvalue weighted by atomic mass is 35.5. The van der Waals surface area contributed by atoms with Crippen LogP contribution in [-0.2, 0) is 14.3 Å². The first-order chi connectivity index (χ1) is 15.9. The monoisotopic (exact) mass is 470 g/mol. The summed E-state index contributed by atoms with van der Waals surface area (Å²) in [5.74, 6) is -1.37. The summed E-state index contributed by atoms with van der Waals surface area (Å²) in [6.07, 6.45) is 1.74. The first-order valence-corrected chi connectivity index (χ1v) is 10.6. The van der Waals surface area contributed by atoms with Gasteiger partial charge in [-0.15, -0.1) is 0 Å². The van der Waals surface area contributed by atoms with Crippen LogP contribution in [0.5, 0.6) is 11.5 Å². The number of hydrogen-bond acceptors (Lipinski definition) is 6. The number of fused-ring (bicyclic) bond motifs is 1. The minimum absolute atomic E-state index is 0.0523. The van der Waals surface area contributed by atoms with Crippen LogP contribution >= 0.6 is 11.6 Å². The van der Waals surface area contributed by atoms with Crippen LogP contribution in [0.15, 0.2) is 48.2 Å². The number of para-hydroxylation sites is 1. The second kappa shape index (κ2) is 9.17. The Bertz CT molecular complexity index is 1270. The number of halogens is 1. The first-order valence-electron chi connectivity index (χ1n) is 10.2. The summed E-state index contributed by atoms with van der Waals surface area (Å²) in [6.45, 7) is 0.396. The van der Waals surface area contributed by atoms with Gasteiger partial charge in [0, 0.05) is 42.4 Å². The van der Waals surface area contributed by atoms with Crippen LogP contribution in [-0.4, -0.2) is 61.2 Å².